The van der Waals surface area contributed by atoms with Gasteiger partial charge in [-0.3, -0.25) is 0 Å². The monoisotopic (exact) mass is 405 g/mol. The number of para-hydroxylation sites is 1. The first-order chi connectivity index (χ1) is 14.8. The molecule has 0 radical (unpaired) electrons. The molecule has 1 aliphatic carbocycles. The molecule has 1 aliphatic rings. The fraction of sp³-hybridized carbons (Fsp3) is 0.348. The van der Waals surface area contributed by atoms with E-state index in [0.717, 1.165) is 24.1 Å². The van der Waals surface area contributed by atoms with E-state index >= 15 is 0 Å². The van der Waals surface area contributed by atoms with Crippen molar-refractivity contribution in [1.29, 1.82) is 0 Å². The van der Waals surface area contributed by atoms with Crippen molar-refractivity contribution in [3.8, 4) is 18.1 Å². The zero-order chi connectivity index (χ0) is 20.8. The van der Waals surface area contributed by atoms with Crippen LogP contribution in [0.2, 0.25) is 0 Å². The summed E-state index contributed by atoms with van der Waals surface area (Å²) in [6.45, 7) is 0.161. The first-order valence-corrected chi connectivity index (χ1v) is 10.2. The number of aromatic nitrogens is 4. The number of nitrogens with one attached hydrogen (secondary N) is 1. The minimum atomic E-state index is -0.388. The summed E-state index contributed by atoms with van der Waals surface area (Å²) in [7, 11) is 0. The molecule has 1 N–H and O–H groups in total. The molecule has 0 spiro atoms. The van der Waals surface area contributed by atoms with Crippen LogP contribution in [0.5, 0.6) is 5.75 Å². The molecule has 0 aliphatic heterocycles. The van der Waals surface area contributed by atoms with E-state index in [2.05, 4.69) is 26.8 Å². The Bertz CT molecular complexity index is 1000. The lowest BCUT2D eigenvalue weighted by molar-refractivity contribution is 0.314. The molecule has 4 rings (SSSR count). The van der Waals surface area contributed by atoms with Crippen molar-refractivity contribution in [2.45, 2.75) is 44.2 Å². The molecule has 30 heavy (non-hydrogen) atoms. The van der Waals surface area contributed by atoms with Crippen molar-refractivity contribution in [3.63, 3.8) is 0 Å². The van der Waals surface area contributed by atoms with Gasteiger partial charge in [0, 0.05) is 11.3 Å². The number of terminal acetylenes is 1. The first kappa shape index (κ1) is 19.9. The number of benzene rings is 2. The second kappa shape index (κ2) is 9.40. The zero-order valence-corrected chi connectivity index (χ0v) is 16.7. The highest BCUT2D eigenvalue weighted by atomic mass is 19.1. The zero-order valence-electron chi connectivity index (χ0n) is 16.7. The van der Waals surface area contributed by atoms with E-state index in [9.17, 15) is 4.39 Å². The summed E-state index contributed by atoms with van der Waals surface area (Å²) in [5.41, 5.74) is 1.62. The van der Waals surface area contributed by atoms with Crippen LogP contribution in [-0.2, 0) is 0 Å². The van der Waals surface area contributed by atoms with Crippen LogP contribution in [0.25, 0.3) is 0 Å². The fourth-order valence-corrected chi connectivity index (χ4v) is 3.94. The van der Waals surface area contributed by atoms with Crippen LogP contribution < -0.4 is 10.1 Å². The highest BCUT2D eigenvalue weighted by molar-refractivity contribution is 5.50. The maximum Gasteiger partial charge on any atom is 0.178 e. The number of halogens is 1. The summed E-state index contributed by atoms with van der Waals surface area (Å²) in [5.74, 6) is 3.57. The number of anilines is 1. The van der Waals surface area contributed by atoms with Crippen LogP contribution in [0.15, 0.2) is 48.5 Å². The second-order valence-electron chi connectivity index (χ2n) is 7.39. The molecule has 6 nitrogen and oxygen atoms in total. The molecule has 7 heteroatoms. The summed E-state index contributed by atoms with van der Waals surface area (Å²) in [4.78, 5) is 0. The molecule has 1 atom stereocenters. The first-order valence-electron chi connectivity index (χ1n) is 10.2. The summed E-state index contributed by atoms with van der Waals surface area (Å²) in [5, 5.41) is 16.1. The number of tetrazole rings is 1. The van der Waals surface area contributed by atoms with E-state index < -0.39 is 0 Å². The molecule has 1 fully saturated rings. The summed E-state index contributed by atoms with van der Waals surface area (Å²) >= 11 is 0. The normalized spacial score (nSPS) is 15.3. The molecule has 0 bridgehead atoms. The Kier molecular flexibility index (Phi) is 6.23. The molecule has 0 amide bonds. The maximum atomic E-state index is 13.4. The van der Waals surface area contributed by atoms with Crippen LogP contribution in [0.3, 0.4) is 0 Å². The molecule has 1 unspecified atom stereocenters. The number of nitrogens with zero attached hydrogens (tertiary/aromatic N) is 4. The minimum Gasteiger partial charge on any atom is -0.481 e. The van der Waals surface area contributed by atoms with Crippen molar-refractivity contribution >= 4 is 5.69 Å². The highest BCUT2D eigenvalue weighted by Gasteiger charge is 2.28. The van der Waals surface area contributed by atoms with E-state index in [4.69, 9.17) is 11.2 Å². The van der Waals surface area contributed by atoms with Crippen LogP contribution in [-0.4, -0.2) is 26.8 Å². The van der Waals surface area contributed by atoms with Crippen molar-refractivity contribution in [1.82, 2.24) is 20.2 Å². The van der Waals surface area contributed by atoms with Gasteiger partial charge in [-0.2, -0.15) is 0 Å². The number of ether oxygens (including phenoxy) is 1. The Morgan fingerprint density at radius 3 is 2.67 bits per heavy atom. The summed E-state index contributed by atoms with van der Waals surface area (Å²) < 4.78 is 21.2. The van der Waals surface area contributed by atoms with Crippen molar-refractivity contribution in [2.75, 3.05) is 11.9 Å². The predicted octanol–water partition coefficient (Wildman–Crippen LogP) is 4.53. The number of hydrogen-bond acceptors (Lipinski definition) is 5. The third-order valence-electron chi connectivity index (χ3n) is 5.39. The van der Waals surface area contributed by atoms with Gasteiger partial charge in [-0.1, -0.05) is 43.4 Å². The highest BCUT2D eigenvalue weighted by Crippen LogP contribution is 2.35. The van der Waals surface area contributed by atoms with Gasteiger partial charge in [-0.05, 0) is 53.6 Å². The van der Waals surface area contributed by atoms with Crippen LogP contribution in [0.4, 0.5) is 10.1 Å². The molecule has 0 saturated heterocycles. The third kappa shape index (κ3) is 4.43. The van der Waals surface area contributed by atoms with Crippen molar-refractivity contribution in [2.24, 2.45) is 0 Å². The van der Waals surface area contributed by atoms with Gasteiger partial charge < -0.3 is 10.1 Å². The smallest absolute Gasteiger partial charge is 0.178 e. The van der Waals surface area contributed by atoms with Crippen LogP contribution in [0, 0.1) is 18.2 Å². The lowest BCUT2D eigenvalue weighted by Gasteiger charge is -2.26. The topological polar surface area (TPSA) is 64.9 Å². The predicted molar refractivity (Wildman–Crippen MR) is 113 cm³/mol. The quantitative estimate of drug-likeness (QED) is 0.585. The van der Waals surface area contributed by atoms with Gasteiger partial charge in [-0.25, -0.2) is 9.07 Å². The average Bonchev–Trinajstić information content (AvgIpc) is 3.28. The van der Waals surface area contributed by atoms with Crippen LogP contribution in [0.1, 0.15) is 55.6 Å². The van der Waals surface area contributed by atoms with Crippen LogP contribution >= 0.6 is 0 Å². The second-order valence-corrected chi connectivity index (χ2v) is 7.39. The number of hydrogen-bond donors (Lipinski definition) is 1. The van der Waals surface area contributed by atoms with Crippen molar-refractivity contribution in [3.05, 3.63) is 65.7 Å². The van der Waals surface area contributed by atoms with Gasteiger partial charge in [0.05, 0.1) is 6.04 Å². The van der Waals surface area contributed by atoms with Gasteiger partial charge in [0.25, 0.3) is 0 Å². The van der Waals surface area contributed by atoms with Gasteiger partial charge in [0.1, 0.15) is 24.2 Å². The van der Waals surface area contributed by atoms with Gasteiger partial charge >= 0.3 is 0 Å². The van der Waals surface area contributed by atoms with Gasteiger partial charge in [-0.15, -0.1) is 11.5 Å². The number of rotatable bonds is 7. The Labute approximate surface area is 175 Å². The van der Waals surface area contributed by atoms with E-state index in [1.807, 2.05) is 28.9 Å². The molecule has 3 aromatic rings. The van der Waals surface area contributed by atoms with Crippen molar-refractivity contribution < 1.29 is 9.13 Å². The van der Waals surface area contributed by atoms with Gasteiger partial charge in [0.2, 0.25) is 0 Å². The Morgan fingerprint density at radius 1 is 1.13 bits per heavy atom. The molecule has 1 saturated carbocycles. The van der Waals surface area contributed by atoms with E-state index in [-0.39, 0.29) is 24.5 Å². The average molecular weight is 405 g/mol. The molecular formula is C23H24FN5O. The Morgan fingerprint density at radius 2 is 1.90 bits per heavy atom. The molecule has 154 valence electrons. The maximum absolute atomic E-state index is 13.4. The standard InChI is InChI=1S/C23H24FN5O/c1-2-16-30-21-11-7-6-10-20(21)22(25-18-14-12-17(24)13-15-18)23-26-27-28-29(23)19-8-4-3-5-9-19/h1,6-7,10-15,19,22,25H,3-5,8-9,16H2. The summed E-state index contributed by atoms with van der Waals surface area (Å²) in [6.07, 6.45) is 11.1. The van der Waals surface area contributed by atoms with E-state index in [1.54, 1.807) is 12.1 Å². The minimum absolute atomic E-state index is 0.161. The SMILES string of the molecule is C#CCOc1ccccc1C(Nc1ccc(F)cc1)c1nnnn1C1CCCCC1. The Hall–Kier alpha value is -3.40. The molecule has 1 heterocycles. The largest absolute Gasteiger partial charge is 0.481 e. The molecule has 1 aromatic heterocycles. The molecular weight excluding hydrogens is 381 g/mol. The summed E-state index contributed by atoms with van der Waals surface area (Å²) in [6, 6.07) is 13.8. The molecule has 2 aromatic carbocycles. The van der Waals surface area contributed by atoms with E-state index in [1.165, 1.54) is 31.4 Å². The lowest BCUT2D eigenvalue weighted by Crippen LogP contribution is -2.23. The van der Waals surface area contributed by atoms with E-state index in [0.29, 0.717) is 11.6 Å². The third-order valence-corrected chi connectivity index (χ3v) is 5.39. The van der Waals surface area contributed by atoms with Gasteiger partial charge in [0.15, 0.2) is 5.82 Å². The lowest BCUT2D eigenvalue weighted by atomic mass is 9.95. The fourth-order valence-electron chi connectivity index (χ4n) is 3.94. The Balaban J connectivity index is 1.75.